The van der Waals surface area contributed by atoms with Crippen molar-refractivity contribution in [2.24, 2.45) is 5.92 Å². The molecule has 2 amide bonds. The maximum atomic E-state index is 12.8. The molecule has 6 nitrogen and oxygen atoms in total. The average molecular weight is 493 g/mol. The van der Waals surface area contributed by atoms with Crippen LogP contribution in [0.4, 0.5) is 5.82 Å². The largest absolute Gasteiger partial charge is 0.348 e. The maximum Gasteiger partial charge on any atom is 0.270 e. The summed E-state index contributed by atoms with van der Waals surface area (Å²) in [5.41, 5.74) is 1.88. The van der Waals surface area contributed by atoms with E-state index in [9.17, 15) is 9.59 Å². The summed E-state index contributed by atoms with van der Waals surface area (Å²) in [6, 6.07) is 18.1. The van der Waals surface area contributed by atoms with Crippen LogP contribution in [0.1, 0.15) is 36.2 Å². The van der Waals surface area contributed by atoms with Crippen LogP contribution < -0.4 is 10.6 Å². The zero-order valence-corrected chi connectivity index (χ0v) is 19.7. The number of anilines is 1. The van der Waals surface area contributed by atoms with Crippen molar-refractivity contribution in [1.82, 2.24) is 15.3 Å². The summed E-state index contributed by atoms with van der Waals surface area (Å²) in [6.45, 7) is 0. The summed E-state index contributed by atoms with van der Waals surface area (Å²) < 4.78 is 0. The van der Waals surface area contributed by atoms with Crippen LogP contribution in [0.3, 0.4) is 0 Å². The van der Waals surface area contributed by atoms with Gasteiger partial charge in [-0.1, -0.05) is 29.3 Å². The lowest BCUT2D eigenvalue weighted by molar-refractivity contribution is -0.120. The lowest BCUT2D eigenvalue weighted by Crippen LogP contribution is -2.39. The van der Waals surface area contributed by atoms with Crippen molar-refractivity contribution >= 4 is 62.6 Å². The van der Waals surface area contributed by atoms with E-state index in [0.717, 1.165) is 34.6 Å². The van der Waals surface area contributed by atoms with Gasteiger partial charge in [0.15, 0.2) is 0 Å². The van der Waals surface area contributed by atoms with Gasteiger partial charge in [-0.2, -0.15) is 0 Å². The molecule has 1 fully saturated rings. The molecule has 5 rings (SSSR count). The summed E-state index contributed by atoms with van der Waals surface area (Å²) in [7, 11) is 0. The molecule has 1 aliphatic rings. The Balaban J connectivity index is 1.16. The number of nitrogens with zero attached hydrogens (tertiary/aromatic N) is 2. The van der Waals surface area contributed by atoms with Crippen LogP contribution in [-0.4, -0.2) is 27.8 Å². The first-order valence-electron chi connectivity index (χ1n) is 11.2. The summed E-state index contributed by atoms with van der Waals surface area (Å²) >= 11 is 12.0. The molecular formula is C26H22Cl2N4O2. The molecule has 2 aromatic heterocycles. The number of halogens is 2. The standard InChI is InChI=1S/C26H22Cl2N4O2/c27-18-5-10-21-16(13-18)3-9-23(30-21)26(34)29-20-7-1-15(2-8-20)25(33)32-24-12-4-17-14-19(28)6-11-22(17)31-24/h3-6,9-15,20H,1-2,7-8H2,(H,29,34)(H,31,32,33). The molecule has 0 unspecified atom stereocenters. The Kier molecular flexibility index (Phi) is 6.35. The molecule has 1 aliphatic carbocycles. The highest BCUT2D eigenvalue weighted by molar-refractivity contribution is 6.31. The third kappa shape index (κ3) is 4.98. The van der Waals surface area contributed by atoms with E-state index in [1.807, 2.05) is 30.3 Å². The zero-order chi connectivity index (χ0) is 23.7. The van der Waals surface area contributed by atoms with Gasteiger partial charge in [-0.15, -0.1) is 0 Å². The first-order valence-corrected chi connectivity index (χ1v) is 11.9. The molecule has 4 aromatic rings. The Morgan fingerprint density at radius 1 is 0.765 bits per heavy atom. The predicted octanol–water partition coefficient (Wildman–Crippen LogP) is 6.02. The minimum Gasteiger partial charge on any atom is -0.348 e. The molecule has 34 heavy (non-hydrogen) atoms. The second kappa shape index (κ2) is 9.57. The number of rotatable bonds is 4. The molecule has 1 saturated carbocycles. The van der Waals surface area contributed by atoms with Crippen LogP contribution in [0.25, 0.3) is 21.8 Å². The quantitative estimate of drug-likeness (QED) is 0.364. The van der Waals surface area contributed by atoms with E-state index in [4.69, 9.17) is 23.2 Å². The Morgan fingerprint density at radius 3 is 2.06 bits per heavy atom. The van der Waals surface area contributed by atoms with Crippen molar-refractivity contribution in [2.75, 3.05) is 5.32 Å². The number of amides is 2. The van der Waals surface area contributed by atoms with E-state index in [1.54, 1.807) is 30.3 Å². The van der Waals surface area contributed by atoms with Gasteiger partial charge in [-0.25, -0.2) is 9.97 Å². The number of aromatic nitrogens is 2. The van der Waals surface area contributed by atoms with E-state index in [1.165, 1.54) is 0 Å². The number of hydrogen-bond donors (Lipinski definition) is 2. The minimum absolute atomic E-state index is 0.0165. The van der Waals surface area contributed by atoms with Gasteiger partial charge in [0.2, 0.25) is 5.91 Å². The van der Waals surface area contributed by atoms with E-state index >= 15 is 0 Å². The van der Waals surface area contributed by atoms with E-state index in [-0.39, 0.29) is 23.8 Å². The highest BCUT2D eigenvalue weighted by Gasteiger charge is 2.28. The van der Waals surface area contributed by atoms with Crippen molar-refractivity contribution in [3.63, 3.8) is 0 Å². The number of nitrogens with one attached hydrogen (secondary N) is 2. The Hall–Kier alpha value is -3.22. The van der Waals surface area contributed by atoms with Crippen LogP contribution in [-0.2, 0) is 4.79 Å². The summed E-state index contributed by atoms with van der Waals surface area (Å²) in [6.07, 6.45) is 2.86. The van der Waals surface area contributed by atoms with Gasteiger partial charge in [0.1, 0.15) is 11.5 Å². The molecule has 2 aromatic carbocycles. The van der Waals surface area contributed by atoms with Crippen molar-refractivity contribution in [3.8, 4) is 0 Å². The molecule has 2 heterocycles. The second-order valence-electron chi connectivity index (χ2n) is 8.58. The Morgan fingerprint density at radius 2 is 1.38 bits per heavy atom. The SMILES string of the molecule is O=C(NC1CCC(C(=O)Nc2ccc3cc(Cl)ccc3n2)CC1)c1ccc2cc(Cl)ccc2n1. The number of fused-ring (bicyclic) bond motifs is 2. The minimum atomic E-state index is -0.204. The van der Waals surface area contributed by atoms with Crippen LogP contribution >= 0.6 is 23.2 Å². The summed E-state index contributed by atoms with van der Waals surface area (Å²) in [4.78, 5) is 34.4. The summed E-state index contributed by atoms with van der Waals surface area (Å²) in [5, 5.41) is 9.09. The van der Waals surface area contributed by atoms with Crippen molar-refractivity contribution in [2.45, 2.75) is 31.7 Å². The topological polar surface area (TPSA) is 84.0 Å². The molecule has 0 spiro atoms. The highest BCUT2D eigenvalue weighted by Crippen LogP contribution is 2.27. The number of hydrogen-bond acceptors (Lipinski definition) is 4. The normalized spacial score (nSPS) is 18.1. The zero-order valence-electron chi connectivity index (χ0n) is 18.2. The smallest absolute Gasteiger partial charge is 0.270 e. The van der Waals surface area contributed by atoms with Crippen LogP contribution in [0.15, 0.2) is 60.7 Å². The number of pyridine rings is 2. The van der Waals surface area contributed by atoms with Gasteiger partial charge in [0.05, 0.1) is 11.0 Å². The van der Waals surface area contributed by atoms with Crippen LogP contribution in [0.2, 0.25) is 10.0 Å². The van der Waals surface area contributed by atoms with Crippen LogP contribution in [0, 0.1) is 5.92 Å². The van der Waals surface area contributed by atoms with E-state index in [2.05, 4.69) is 20.6 Å². The fourth-order valence-corrected chi connectivity index (χ4v) is 4.74. The Labute approximate surface area is 206 Å². The van der Waals surface area contributed by atoms with Gasteiger partial charge in [-0.05, 0) is 80.3 Å². The van der Waals surface area contributed by atoms with Gasteiger partial charge >= 0.3 is 0 Å². The molecule has 0 aliphatic heterocycles. The predicted molar refractivity (Wildman–Crippen MR) is 135 cm³/mol. The van der Waals surface area contributed by atoms with Gasteiger partial charge in [0, 0.05) is 32.8 Å². The fraction of sp³-hybridized carbons (Fsp3) is 0.231. The van der Waals surface area contributed by atoms with Gasteiger partial charge in [-0.3, -0.25) is 9.59 Å². The van der Waals surface area contributed by atoms with Gasteiger partial charge < -0.3 is 10.6 Å². The lowest BCUT2D eigenvalue weighted by Gasteiger charge is -2.28. The first kappa shape index (κ1) is 22.6. The molecule has 0 radical (unpaired) electrons. The lowest BCUT2D eigenvalue weighted by atomic mass is 9.85. The first-order chi connectivity index (χ1) is 16.4. The molecule has 0 saturated heterocycles. The van der Waals surface area contributed by atoms with Crippen LogP contribution in [0.5, 0.6) is 0 Å². The molecule has 8 heteroatoms. The van der Waals surface area contributed by atoms with E-state index in [0.29, 0.717) is 34.4 Å². The highest BCUT2D eigenvalue weighted by atomic mass is 35.5. The number of benzene rings is 2. The molecule has 172 valence electrons. The second-order valence-corrected chi connectivity index (χ2v) is 9.45. The Bertz CT molecular complexity index is 1400. The van der Waals surface area contributed by atoms with Crippen molar-refractivity contribution < 1.29 is 9.59 Å². The molecule has 2 N–H and O–H groups in total. The number of carbonyl (C=O) groups is 2. The average Bonchev–Trinajstić information content (AvgIpc) is 2.84. The monoisotopic (exact) mass is 492 g/mol. The number of carbonyl (C=O) groups excluding carboxylic acids is 2. The van der Waals surface area contributed by atoms with Crippen molar-refractivity contribution in [3.05, 3.63) is 76.4 Å². The molecule has 0 bridgehead atoms. The van der Waals surface area contributed by atoms with Gasteiger partial charge in [0.25, 0.3) is 5.91 Å². The maximum absolute atomic E-state index is 12.8. The molecule has 0 atom stereocenters. The third-order valence-corrected chi connectivity index (χ3v) is 6.69. The fourth-order valence-electron chi connectivity index (χ4n) is 4.38. The third-order valence-electron chi connectivity index (χ3n) is 6.22. The summed E-state index contributed by atoms with van der Waals surface area (Å²) in [5.74, 6) is 0.170. The molecular weight excluding hydrogens is 471 g/mol. The van der Waals surface area contributed by atoms with Crippen molar-refractivity contribution in [1.29, 1.82) is 0 Å². The van der Waals surface area contributed by atoms with E-state index < -0.39 is 0 Å².